The Morgan fingerprint density at radius 2 is 2.21 bits per heavy atom. The van der Waals surface area contributed by atoms with E-state index in [1.807, 2.05) is 36.8 Å². The Morgan fingerprint density at radius 1 is 1.42 bits per heavy atom. The fourth-order valence-electron chi connectivity index (χ4n) is 3.84. The summed E-state index contributed by atoms with van der Waals surface area (Å²) >= 11 is 0. The molecule has 3 heterocycles. The molecule has 0 spiro atoms. The molecule has 0 aliphatic carbocycles. The van der Waals surface area contributed by atoms with Crippen molar-refractivity contribution >= 4 is 5.91 Å². The highest BCUT2D eigenvalue weighted by molar-refractivity contribution is 5.94. The van der Waals surface area contributed by atoms with Crippen molar-refractivity contribution < 1.29 is 9.21 Å². The number of piperidine rings is 1. The predicted molar refractivity (Wildman–Crippen MR) is 91.7 cm³/mol. The van der Waals surface area contributed by atoms with Crippen LogP contribution in [0.15, 0.2) is 29.0 Å². The van der Waals surface area contributed by atoms with Gasteiger partial charge in [0, 0.05) is 26.8 Å². The lowest BCUT2D eigenvalue weighted by molar-refractivity contribution is 0.0629. The highest BCUT2D eigenvalue weighted by Gasteiger charge is 2.34. The first kappa shape index (κ1) is 16.8. The van der Waals surface area contributed by atoms with Gasteiger partial charge < -0.3 is 9.32 Å². The zero-order valence-electron chi connectivity index (χ0n) is 14.9. The summed E-state index contributed by atoms with van der Waals surface area (Å²) in [5.41, 5.74) is 1.86. The molecule has 130 valence electrons. The lowest BCUT2D eigenvalue weighted by Crippen LogP contribution is -2.43. The van der Waals surface area contributed by atoms with Crippen LogP contribution in [0.1, 0.15) is 40.7 Å². The summed E-state index contributed by atoms with van der Waals surface area (Å²) in [5.74, 6) is 1.09. The smallest absolute Gasteiger partial charge is 0.257 e. The molecule has 0 aromatic carbocycles. The molecule has 6 nitrogen and oxygen atoms in total. The Hall–Kier alpha value is -2.08. The SMILES string of the molecule is Cc1occc1C(=O)N(C)C[C@@H]1CCCN(C)[C@H]1c1ccnn1C. The van der Waals surface area contributed by atoms with Gasteiger partial charge in [0.25, 0.3) is 5.91 Å². The first-order chi connectivity index (χ1) is 11.5. The normalized spacial score (nSPS) is 21.8. The van der Waals surface area contributed by atoms with E-state index in [4.69, 9.17) is 4.42 Å². The molecule has 1 aliphatic rings. The standard InChI is InChI=1S/C18H26N4O2/c1-13-15(8-11-24-13)18(23)21(3)12-14-6-5-10-20(2)17(14)16-7-9-19-22(16)4/h7-9,11,14,17H,5-6,10,12H2,1-4H3/t14-,17+/m0/s1. The minimum atomic E-state index is 0.0261. The predicted octanol–water partition coefficient (Wildman–Crippen LogP) is 2.48. The maximum atomic E-state index is 12.7. The second-order valence-electron chi connectivity index (χ2n) is 6.78. The minimum absolute atomic E-state index is 0.0261. The van der Waals surface area contributed by atoms with Crippen molar-refractivity contribution in [2.45, 2.75) is 25.8 Å². The fraction of sp³-hybridized carbons (Fsp3) is 0.556. The maximum Gasteiger partial charge on any atom is 0.257 e. The number of aromatic nitrogens is 2. The van der Waals surface area contributed by atoms with Gasteiger partial charge in [0.15, 0.2) is 0 Å². The highest BCUT2D eigenvalue weighted by atomic mass is 16.3. The van der Waals surface area contributed by atoms with Crippen molar-refractivity contribution in [3.05, 3.63) is 41.6 Å². The Morgan fingerprint density at radius 3 is 2.83 bits per heavy atom. The van der Waals surface area contributed by atoms with Gasteiger partial charge in [-0.1, -0.05) is 0 Å². The van der Waals surface area contributed by atoms with Crippen LogP contribution >= 0.6 is 0 Å². The topological polar surface area (TPSA) is 54.5 Å². The number of nitrogens with zero attached hydrogens (tertiary/aromatic N) is 4. The molecular formula is C18H26N4O2. The molecular weight excluding hydrogens is 304 g/mol. The van der Waals surface area contributed by atoms with E-state index in [2.05, 4.69) is 23.1 Å². The fourth-order valence-corrected chi connectivity index (χ4v) is 3.84. The average molecular weight is 330 g/mol. The van der Waals surface area contributed by atoms with Gasteiger partial charge in [0.2, 0.25) is 0 Å². The summed E-state index contributed by atoms with van der Waals surface area (Å²) in [6, 6.07) is 4.12. The van der Waals surface area contributed by atoms with Gasteiger partial charge in [0.05, 0.1) is 23.6 Å². The number of carbonyl (C=O) groups is 1. The van der Waals surface area contributed by atoms with Gasteiger partial charge in [-0.3, -0.25) is 14.4 Å². The number of amides is 1. The van der Waals surface area contributed by atoms with Gasteiger partial charge in [-0.15, -0.1) is 0 Å². The molecule has 6 heteroatoms. The van der Waals surface area contributed by atoms with Crippen LogP contribution in [0.4, 0.5) is 0 Å². The zero-order valence-corrected chi connectivity index (χ0v) is 14.9. The first-order valence-corrected chi connectivity index (χ1v) is 8.46. The molecule has 24 heavy (non-hydrogen) atoms. The third kappa shape index (κ3) is 3.11. The van der Waals surface area contributed by atoms with Crippen LogP contribution in [0.25, 0.3) is 0 Å². The summed E-state index contributed by atoms with van der Waals surface area (Å²) in [6.45, 7) is 3.63. The lowest BCUT2D eigenvalue weighted by atomic mass is 9.86. The molecule has 0 bridgehead atoms. The molecule has 1 fully saturated rings. The minimum Gasteiger partial charge on any atom is -0.469 e. The number of furan rings is 1. The molecule has 1 amide bonds. The number of aryl methyl sites for hydroxylation is 2. The Labute approximate surface area is 143 Å². The van der Waals surface area contributed by atoms with Crippen molar-refractivity contribution in [3.8, 4) is 0 Å². The van der Waals surface area contributed by atoms with Gasteiger partial charge in [-0.05, 0) is 51.4 Å². The van der Waals surface area contributed by atoms with E-state index in [-0.39, 0.29) is 11.9 Å². The van der Waals surface area contributed by atoms with E-state index in [1.54, 1.807) is 12.3 Å². The van der Waals surface area contributed by atoms with Crippen molar-refractivity contribution in [2.24, 2.45) is 13.0 Å². The molecule has 3 rings (SSSR count). The number of rotatable bonds is 4. The largest absolute Gasteiger partial charge is 0.469 e. The van der Waals surface area contributed by atoms with Crippen LogP contribution in [0.5, 0.6) is 0 Å². The van der Waals surface area contributed by atoms with E-state index in [1.165, 1.54) is 5.69 Å². The van der Waals surface area contributed by atoms with Crippen molar-refractivity contribution in [2.75, 3.05) is 27.2 Å². The molecule has 2 aromatic rings. The van der Waals surface area contributed by atoms with E-state index >= 15 is 0 Å². The van der Waals surface area contributed by atoms with Gasteiger partial charge >= 0.3 is 0 Å². The third-order valence-electron chi connectivity index (χ3n) is 5.11. The van der Waals surface area contributed by atoms with Crippen LogP contribution < -0.4 is 0 Å². The molecule has 2 aromatic heterocycles. The summed E-state index contributed by atoms with van der Waals surface area (Å²) in [5, 5.41) is 4.32. The molecule has 0 radical (unpaired) electrons. The molecule has 0 saturated carbocycles. The van der Waals surface area contributed by atoms with Crippen molar-refractivity contribution in [3.63, 3.8) is 0 Å². The van der Waals surface area contributed by atoms with Gasteiger partial charge in [-0.25, -0.2) is 0 Å². The zero-order chi connectivity index (χ0) is 17.3. The molecule has 1 aliphatic heterocycles. The summed E-state index contributed by atoms with van der Waals surface area (Å²) in [6.07, 6.45) is 5.69. The number of hydrogen-bond acceptors (Lipinski definition) is 4. The second-order valence-corrected chi connectivity index (χ2v) is 6.78. The monoisotopic (exact) mass is 330 g/mol. The van der Waals surface area contributed by atoms with Crippen LogP contribution in [0, 0.1) is 12.8 Å². The summed E-state index contributed by atoms with van der Waals surface area (Å²) in [7, 11) is 6.02. The van der Waals surface area contributed by atoms with Crippen molar-refractivity contribution in [1.82, 2.24) is 19.6 Å². The Bertz CT molecular complexity index is 705. The van der Waals surface area contributed by atoms with Gasteiger partial charge in [0.1, 0.15) is 5.76 Å². The number of likely N-dealkylation sites (tertiary alicyclic amines) is 1. The van der Waals surface area contributed by atoms with Crippen LogP contribution in [0.3, 0.4) is 0 Å². The maximum absolute atomic E-state index is 12.7. The van der Waals surface area contributed by atoms with E-state index in [9.17, 15) is 4.79 Å². The second kappa shape index (κ2) is 6.81. The van der Waals surface area contributed by atoms with Crippen LogP contribution in [-0.4, -0.2) is 52.7 Å². The lowest BCUT2D eigenvalue weighted by Gasteiger charge is -2.40. The molecule has 2 atom stereocenters. The molecule has 1 saturated heterocycles. The third-order valence-corrected chi connectivity index (χ3v) is 5.11. The van der Waals surface area contributed by atoms with Crippen LogP contribution in [-0.2, 0) is 7.05 Å². The summed E-state index contributed by atoms with van der Waals surface area (Å²) in [4.78, 5) is 16.9. The Kier molecular flexibility index (Phi) is 4.76. The summed E-state index contributed by atoms with van der Waals surface area (Å²) < 4.78 is 7.22. The first-order valence-electron chi connectivity index (χ1n) is 8.46. The van der Waals surface area contributed by atoms with E-state index in [0.29, 0.717) is 17.2 Å². The van der Waals surface area contributed by atoms with E-state index in [0.717, 1.165) is 25.9 Å². The highest BCUT2D eigenvalue weighted by Crippen LogP contribution is 2.35. The Balaban J connectivity index is 1.78. The molecule has 0 N–H and O–H groups in total. The van der Waals surface area contributed by atoms with Crippen LogP contribution in [0.2, 0.25) is 0 Å². The average Bonchev–Trinajstić information content (AvgIpc) is 3.15. The molecule has 0 unspecified atom stereocenters. The number of carbonyl (C=O) groups excluding carboxylic acids is 1. The van der Waals surface area contributed by atoms with E-state index < -0.39 is 0 Å². The number of hydrogen-bond donors (Lipinski definition) is 0. The quantitative estimate of drug-likeness (QED) is 0.864. The van der Waals surface area contributed by atoms with Gasteiger partial charge in [-0.2, -0.15) is 5.10 Å². The van der Waals surface area contributed by atoms with Crippen molar-refractivity contribution in [1.29, 1.82) is 0 Å².